The zero-order valence-electron chi connectivity index (χ0n) is 12.3. The highest BCUT2D eigenvalue weighted by atomic mass is 35.5. The molecule has 5 nitrogen and oxygen atoms in total. The molecule has 1 aromatic heterocycles. The maximum absolute atomic E-state index is 13.7. The monoisotopic (exact) mass is 332 g/mol. The Balaban J connectivity index is 1.78. The number of hydrogen-bond acceptors (Lipinski definition) is 4. The normalized spacial score (nSPS) is 10.6. The van der Waals surface area contributed by atoms with Gasteiger partial charge in [0.05, 0.1) is 12.7 Å². The maximum Gasteiger partial charge on any atom is 0.219 e. The van der Waals surface area contributed by atoms with Crippen LogP contribution in [0.25, 0.3) is 11.4 Å². The van der Waals surface area contributed by atoms with Crippen LogP contribution in [0.15, 0.2) is 42.5 Å². The summed E-state index contributed by atoms with van der Waals surface area (Å²) in [5.74, 6) is 1.22. The summed E-state index contributed by atoms with van der Waals surface area (Å²) in [4.78, 5) is 4.34. The molecule has 23 heavy (non-hydrogen) atoms. The Morgan fingerprint density at radius 2 is 2.04 bits per heavy atom. The first-order chi connectivity index (χ1) is 11.2. The number of hydrogen-bond donors (Lipinski definition) is 2. The molecule has 0 spiro atoms. The number of aromatic nitrogens is 3. The summed E-state index contributed by atoms with van der Waals surface area (Å²) >= 11 is 5.99. The zero-order valence-corrected chi connectivity index (χ0v) is 13.1. The number of nitrogens with one attached hydrogen (secondary N) is 2. The lowest BCUT2D eigenvalue weighted by Crippen LogP contribution is -2.04. The highest BCUT2D eigenvalue weighted by molar-refractivity contribution is 6.31. The number of nitrogens with zero attached hydrogens (tertiary/aromatic N) is 2. The smallest absolute Gasteiger partial charge is 0.219 e. The van der Waals surface area contributed by atoms with Crippen LogP contribution in [0.3, 0.4) is 0 Å². The van der Waals surface area contributed by atoms with Gasteiger partial charge in [-0.15, -0.1) is 0 Å². The predicted molar refractivity (Wildman–Crippen MR) is 87.1 cm³/mol. The summed E-state index contributed by atoms with van der Waals surface area (Å²) < 4.78 is 19.0. The van der Waals surface area contributed by atoms with Crippen molar-refractivity contribution in [2.75, 3.05) is 12.4 Å². The Morgan fingerprint density at radius 1 is 1.22 bits per heavy atom. The summed E-state index contributed by atoms with van der Waals surface area (Å²) in [7, 11) is 1.59. The molecule has 1 heterocycles. The van der Waals surface area contributed by atoms with Crippen molar-refractivity contribution in [3.63, 3.8) is 0 Å². The summed E-state index contributed by atoms with van der Waals surface area (Å²) in [6.07, 6.45) is 0. The summed E-state index contributed by atoms with van der Waals surface area (Å²) in [6.45, 7) is 0.200. The van der Waals surface area contributed by atoms with Gasteiger partial charge in [-0.3, -0.25) is 0 Å². The van der Waals surface area contributed by atoms with Gasteiger partial charge in [0.15, 0.2) is 5.82 Å². The third-order valence-corrected chi connectivity index (χ3v) is 3.68. The molecule has 2 N–H and O–H groups in total. The van der Waals surface area contributed by atoms with Gasteiger partial charge in [0.25, 0.3) is 0 Å². The lowest BCUT2D eigenvalue weighted by Gasteiger charge is -2.06. The molecule has 0 saturated heterocycles. The second-order valence-electron chi connectivity index (χ2n) is 4.76. The van der Waals surface area contributed by atoms with Crippen molar-refractivity contribution in [1.82, 2.24) is 15.2 Å². The zero-order chi connectivity index (χ0) is 16.2. The number of benzene rings is 2. The Kier molecular flexibility index (Phi) is 4.43. The van der Waals surface area contributed by atoms with E-state index >= 15 is 0 Å². The van der Waals surface area contributed by atoms with Gasteiger partial charge >= 0.3 is 0 Å². The molecule has 0 unspecified atom stereocenters. The van der Waals surface area contributed by atoms with E-state index in [1.54, 1.807) is 19.2 Å². The first kappa shape index (κ1) is 15.3. The van der Waals surface area contributed by atoms with Gasteiger partial charge in [-0.05, 0) is 24.3 Å². The number of rotatable bonds is 5. The van der Waals surface area contributed by atoms with Crippen molar-refractivity contribution in [2.24, 2.45) is 0 Å². The third kappa shape index (κ3) is 3.27. The van der Waals surface area contributed by atoms with E-state index in [0.29, 0.717) is 28.1 Å². The minimum absolute atomic E-state index is 0.200. The average molecular weight is 333 g/mol. The van der Waals surface area contributed by atoms with Crippen LogP contribution in [0, 0.1) is 5.82 Å². The molecular formula is C16H14ClFN4O. The SMILES string of the molecule is COc1ccccc1-c1n[nH]c(NCc2c(F)cccc2Cl)n1. The molecule has 3 rings (SSSR count). The van der Waals surface area contributed by atoms with Crippen LogP contribution in [-0.4, -0.2) is 22.3 Å². The molecule has 0 radical (unpaired) electrons. The number of anilines is 1. The molecule has 0 aliphatic carbocycles. The lowest BCUT2D eigenvalue weighted by atomic mass is 10.2. The van der Waals surface area contributed by atoms with E-state index in [-0.39, 0.29) is 12.4 Å². The molecule has 3 aromatic rings. The second kappa shape index (κ2) is 6.66. The largest absolute Gasteiger partial charge is 0.496 e. The highest BCUT2D eigenvalue weighted by Crippen LogP contribution is 2.27. The molecule has 0 fully saturated rings. The summed E-state index contributed by atoms with van der Waals surface area (Å²) in [5, 5.41) is 10.3. The Labute approximate surface area is 137 Å². The molecule has 0 aliphatic rings. The Morgan fingerprint density at radius 3 is 2.83 bits per heavy atom. The molecule has 0 aliphatic heterocycles. The molecule has 0 saturated carbocycles. The van der Waals surface area contributed by atoms with Gasteiger partial charge in [-0.1, -0.05) is 29.8 Å². The molecule has 118 valence electrons. The number of H-pyrrole nitrogens is 1. The molecular weight excluding hydrogens is 319 g/mol. The third-order valence-electron chi connectivity index (χ3n) is 3.33. The molecule has 0 atom stereocenters. The number of aromatic amines is 1. The van der Waals surface area contributed by atoms with Gasteiger partial charge in [0, 0.05) is 17.1 Å². The van der Waals surface area contributed by atoms with Crippen LogP contribution in [0.1, 0.15) is 5.56 Å². The van der Waals surface area contributed by atoms with E-state index in [2.05, 4.69) is 20.5 Å². The van der Waals surface area contributed by atoms with E-state index in [1.807, 2.05) is 24.3 Å². The van der Waals surface area contributed by atoms with Gasteiger partial charge < -0.3 is 10.1 Å². The minimum Gasteiger partial charge on any atom is -0.496 e. The average Bonchev–Trinajstić information content (AvgIpc) is 3.03. The summed E-state index contributed by atoms with van der Waals surface area (Å²) in [6, 6.07) is 12.0. The van der Waals surface area contributed by atoms with Gasteiger partial charge in [0.1, 0.15) is 11.6 Å². The van der Waals surface area contributed by atoms with Gasteiger partial charge in [-0.2, -0.15) is 10.1 Å². The minimum atomic E-state index is -0.366. The van der Waals surface area contributed by atoms with E-state index in [4.69, 9.17) is 16.3 Å². The van der Waals surface area contributed by atoms with E-state index in [1.165, 1.54) is 6.07 Å². The fourth-order valence-electron chi connectivity index (χ4n) is 2.16. The van der Waals surface area contributed by atoms with Crippen molar-refractivity contribution in [3.8, 4) is 17.1 Å². The van der Waals surface area contributed by atoms with E-state index in [9.17, 15) is 4.39 Å². The first-order valence-electron chi connectivity index (χ1n) is 6.91. The van der Waals surface area contributed by atoms with E-state index in [0.717, 1.165) is 5.56 Å². The standard InChI is InChI=1S/C16H14ClFN4O/c1-23-14-8-3-2-5-10(14)15-20-16(22-21-15)19-9-11-12(17)6-4-7-13(11)18/h2-8H,9H2,1H3,(H2,19,20,21,22). The van der Waals surface area contributed by atoms with Crippen molar-refractivity contribution >= 4 is 17.5 Å². The fourth-order valence-corrected chi connectivity index (χ4v) is 2.39. The van der Waals surface area contributed by atoms with Crippen molar-refractivity contribution in [3.05, 3.63) is 58.9 Å². The Bertz CT molecular complexity index is 801. The number of methoxy groups -OCH3 is 1. The quantitative estimate of drug-likeness (QED) is 0.744. The van der Waals surface area contributed by atoms with Crippen LogP contribution in [0.5, 0.6) is 5.75 Å². The number of para-hydroxylation sites is 1. The number of ether oxygens (including phenoxy) is 1. The second-order valence-corrected chi connectivity index (χ2v) is 5.17. The van der Waals surface area contributed by atoms with Crippen molar-refractivity contribution in [1.29, 1.82) is 0 Å². The van der Waals surface area contributed by atoms with Crippen LogP contribution < -0.4 is 10.1 Å². The highest BCUT2D eigenvalue weighted by Gasteiger charge is 2.12. The predicted octanol–water partition coefficient (Wildman–Crippen LogP) is 3.88. The number of halogens is 2. The fraction of sp³-hybridized carbons (Fsp3) is 0.125. The molecule has 0 bridgehead atoms. The Hall–Kier alpha value is -2.60. The topological polar surface area (TPSA) is 62.8 Å². The van der Waals surface area contributed by atoms with Crippen molar-refractivity contribution in [2.45, 2.75) is 6.54 Å². The lowest BCUT2D eigenvalue weighted by molar-refractivity contribution is 0.416. The van der Waals surface area contributed by atoms with E-state index < -0.39 is 0 Å². The van der Waals surface area contributed by atoms with Crippen LogP contribution in [0.2, 0.25) is 5.02 Å². The van der Waals surface area contributed by atoms with Crippen LogP contribution in [0.4, 0.5) is 10.3 Å². The van der Waals surface area contributed by atoms with Crippen molar-refractivity contribution < 1.29 is 9.13 Å². The van der Waals surface area contributed by atoms with Crippen LogP contribution >= 0.6 is 11.6 Å². The summed E-state index contributed by atoms with van der Waals surface area (Å²) in [5.41, 5.74) is 1.15. The van der Waals surface area contributed by atoms with Gasteiger partial charge in [0.2, 0.25) is 5.95 Å². The molecule has 0 amide bonds. The first-order valence-corrected chi connectivity index (χ1v) is 7.29. The maximum atomic E-state index is 13.7. The van der Waals surface area contributed by atoms with Gasteiger partial charge in [-0.25, -0.2) is 9.49 Å². The molecule has 2 aromatic carbocycles. The van der Waals surface area contributed by atoms with Crippen LogP contribution in [-0.2, 0) is 6.54 Å². The molecule has 7 heteroatoms.